The van der Waals surface area contributed by atoms with Crippen LogP contribution in [-0.4, -0.2) is 26.3 Å². The highest BCUT2D eigenvalue weighted by Gasteiger charge is 2.33. The average molecular weight is 204 g/mol. The SMILES string of the molecule is C=CCS(=O)(=O)NCC1(N)CCC1. The molecule has 1 aliphatic rings. The van der Waals surface area contributed by atoms with Crippen LogP contribution < -0.4 is 10.5 Å². The highest BCUT2D eigenvalue weighted by Crippen LogP contribution is 2.28. The lowest BCUT2D eigenvalue weighted by Crippen LogP contribution is -2.55. The Balaban J connectivity index is 2.37. The van der Waals surface area contributed by atoms with Crippen molar-refractivity contribution in [1.29, 1.82) is 0 Å². The molecule has 0 amide bonds. The second-order valence-corrected chi connectivity index (χ2v) is 5.46. The number of hydrogen-bond donors (Lipinski definition) is 2. The topological polar surface area (TPSA) is 72.2 Å². The molecule has 76 valence electrons. The Morgan fingerprint density at radius 2 is 2.15 bits per heavy atom. The fourth-order valence-electron chi connectivity index (χ4n) is 1.28. The third-order valence-electron chi connectivity index (χ3n) is 2.33. The van der Waals surface area contributed by atoms with Crippen LogP contribution in [-0.2, 0) is 10.0 Å². The maximum Gasteiger partial charge on any atom is 0.215 e. The summed E-state index contributed by atoms with van der Waals surface area (Å²) >= 11 is 0. The van der Waals surface area contributed by atoms with Crippen molar-refractivity contribution in [2.24, 2.45) is 5.73 Å². The van der Waals surface area contributed by atoms with Crippen LogP contribution in [0.4, 0.5) is 0 Å². The van der Waals surface area contributed by atoms with Crippen LogP contribution in [0, 0.1) is 0 Å². The number of nitrogens with two attached hydrogens (primary N) is 1. The second kappa shape index (κ2) is 3.77. The first-order chi connectivity index (χ1) is 5.97. The smallest absolute Gasteiger partial charge is 0.215 e. The van der Waals surface area contributed by atoms with Crippen molar-refractivity contribution in [3.63, 3.8) is 0 Å². The van der Waals surface area contributed by atoms with Crippen molar-refractivity contribution in [2.45, 2.75) is 24.8 Å². The standard InChI is InChI=1S/C8H16N2O2S/c1-2-6-13(11,12)10-7-8(9)4-3-5-8/h2,10H,1,3-7,9H2. The predicted molar refractivity (Wildman–Crippen MR) is 52.8 cm³/mol. The minimum absolute atomic E-state index is 0.0386. The number of rotatable bonds is 5. The highest BCUT2D eigenvalue weighted by molar-refractivity contribution is 7.89. The molecule has 0 radical (unpaired) electrons. The van der Waals surface area contributed by atoms with E-state index in [9.17, 15) is 8.42 Å². The van der Waals surface area contributed by atoms with Crippen molar-refractivity contribution in [3.8, 4) is 0 Å². The molecule has 0 aliphatic heterocycles. The van der Waals surface area contributed by atoms with Crippen molar-refractivity contribution >= 4 is 10.0 Å². The van der Waals surface area contributed by atoms with E-state index < -0.39 is 10.0 Å². The van der Waals surface area contributed by atoms with Gasteiger partial charge < -0.3 is 5.73 Å². The maximum atomic E-state index is 11.2. The molecule has 0 spiro atoms. The van der Waals surface area contributed by atoms with Crippen LogP contribution in [0.1, 0.15) is 19.3 Å². The largest absolute Gasteiger partial charge is 0.324 e. The molecule has 1 rings (SSSR count). The summed E-state index contributed by atoms with van der Waals surface area (Å²) in [5, 5.41) is 0. The Bertz CT molecular complexity index is 281. The third-order valence-corrected chi connectivity index (χ3v) is 3.59. The fourth-order valence-corrected chi connectivity index (χ4v) is 2.21. The van der Waals surface area contributed by atoms with Crippen LogP contribution in [0.3, 0.4) is 0 Å². The first kappa shape index (κ1) is 10.7. The van der Waals surface area contributed by atoms with E-state index in [0.717, 1.165) is 19.3 Å². The van der Waals surface area contributed by atoms with Gasteiger partial charge in [0.25, 0.3) is 0 Å². The van der Waals surface area contributed by atoms with Crippen LogP contribution in [0.15, 0.2) is 12.7 Å². The summed E-state index contributed by atoms with van der Waals surface area (Å²) in [4.78, 5) is 0. The quantitative estimate of drug-likeness (QED) is 0.618. The summed E-state index contributed by atoms with van der Waals surface area (Å²) in [6.07, 6.45) is 4.28. The van der Waals surface area contributed by atoms with Crippen molar-refractivity contribution in [2.75, 3.05) is 12.3 Å². The molecule has 1 aliphatic carbocycles. The van der Waals surface area contributed by atoms with Gasteiger partial charge in [0.2, 0.25) is 10.0 Å². The van der Waals surface area contributed by atoms with Crippen LogP contribution >= 0.6 is 0 Å². The molecule has 0 aromatic heterocycles. The van der Waals surface area contributed by atoms with Gasteiger partial charge in [0.15, 0.2) is 0 Å². The Hall–Kier alpha value is -0.390. The molecule has 3 N–H and O–H groups in total. The van der Waals surface area contributed by atoms with E-state index in [4.69, 9.17) is 5.73 Å². The summed E-state index contributed by atoms with van der Waals surface area (Å²) in [6.45, 7) is 3.72. The van der Waals surface area contributed by atoms with Gasteiger partial charge in [-0.25, -0.2) is 13.1 Å². The number of sulfonamides is 1. The lowest BCUT2D eigenvalue weighted by atomic mass is 9.78. The van der Waals surface area contributed by atoms with Gasteiger partial charge in [-0.2, -0.15) is 0 Å². The van der Waals surface area contributed by atoms with E-state index in [1.807, 2.05) is 0 Å². The zero-order valence-corrected chi connectivity index (χ0v) is 8.44. The molecule has 0 unspecified atom stereocenters. The highest BCUT2D eigenvalue weighted by atomic mass is 32.2. The molecular formula is C8H16N2O2S. The molecule has 1 fully saturated rings. The van der Waals surface area contributed by atoms with Crippen LogP contribution in [0.25, 0.3) is 0 Å². The Labute approximate surface area is 79.2 Å². The molecule has 4 nitrogen and oxygen atoms in total. The van der Waals surface area contributed by atoms with E-state index in [1.165, 1.54) is 6.08 Å². The van der Waals surface area contributed by atoms with E-state index in [0.29, 0.717) is 6.54 Å². The van der Waals surface area contributed by atoms with E-state index >= 15 is 0 Å². The van der Waals surface area contributed by atoms with E-state index in [2.05, 4.69) is 11.3 Å². The normalized spacial score (nSPS) is 20.7. The minimum Gasteiger partial charge on any atom is -0.324 e. The molecular weight excluding hydrogens is 188 g/mol. The predicted octanol–water partition coefficient (Wildman–Crippen LogP) is -0.0268. The number of nitrogens with one attached hydrogen (secondary N) is 1. The molecule has 0 aromatic rings. The van der Waals surface area contributed by atoms with Crippen molar-refractivity contribution in [3.05, 3.63) is 12.7 Å². The minimum atomic E-state index is -3.19. The summed E-state index contributed by atoms with van der Waals surface area (Å²) < 4.78 is 24.8. The van der Waals surface area contributed by atoms with E-state index in [1.54, 1.807) is 0 Å². The van der Waals surface area contributed by atoms with Crippen molar-refractivity contribution < 1.29 is 8.42 Å². The van der Waals surface area contributed by atoms with Gasteiger partial charge in [-0.3, -0.25) is 0 Å². The molecule has 0 aromatic carbocycles. The molecule has 0 bridgehead atoms. The first-order valence-corrected chi connectivity index (χ1v) is 6.00. The average Bonchev–Trinajstić information content (AvgIpc) is 1.97. The van der Waals surface area contributed by atoms with Gasteiger partial charge in [-0.15, -0.1) is 6.58 Å². The number of hydrogen-bond acceptors (Lipinski definition) is 3. The van der Waals surface area contributed by atoms with E-state index in [-0.39, 0.29) is 11.3 Å². The molecule has 0 atom stereocenters. The zero-order valence-electron chi connectivity index (χ0n) is 7.62. The Morgan fingerprint density at radius 3 is 2.54 bits per heavy atom. The molecule has 5 heteroatoms. The Morgan fingerprint density at radius 1 is 1.54 bits per heavy atom. The van der Waals surface area contributed by atoms with Gasteiger partial charge in [0.1, 0.15) is 0 Å². The van der Waals surface area contributed by atoms with Crippen LogP contribution in [0.5, 0.6) is 0 Å². The zero-order chi connectivity index (χ0) is 9.95. The lowest BCUT2D eigenvalue weighted by molar-refractivity contribution is 0.251. The van der Waals surface area contributed by atoms with Gasteiger partial charge in [-0.05, 0) is 19.3 Å². The molecule has 0 heterocycles. The summed E-state index contributed by atoms with van der Waals surface area (Å²) in [7, 11) is -3.19. The third kappa shape index (κ3) is 3.10. The Kier molecular flexibility index (Phi) is 3.10. The fraction of sp³-hybridized carbons (Fsp3) is 0.750. The van der Waals surface area contributed by atoms with Crippen LogP contribution in [0.2, 0.25) is 0 Å². The summed E-state index contributed by atoms with van der Waals surface area (Å²) in [6, 6.07) is 0. The van der Waals surface area contributed by atoms with Gasteiger partial charge in [0.05, 0.1) is 5.75 Å². The molecule has 13 heavy (non-hydrogen) atoms. The maximum absolute atomic E-state index is 11.2. The van der Waals surface area contributed by atoms with Gasteiger partial charge in [-0.1, -0.05) is 6.08 Å². The van der Waals surface area contributed by atoms with Crippen molar-refractivity contribution in [1.82, 2.24) is 4.72 Å². The van der Waals surface area contributed by atoms with Gasteiger partial charge in [0, 0.05) is 12.1 Å². The van der Waals surface area contributed by atoms with Gasteiger partial charge >= 0.3 is 0 Å². The summed E-state index contributed by atoms with van der Waals surface area (Å²) in [5.74, 6) is -0.0386. The summed E-state index contributed by atoms with van der Waals surface area (Å²) in [5.41, 5.74) is 5.56. The first-order valence-electron chi connectivity index (χ1n) is 4.35. The second-order valence-electron chi connectivity index (χ2n) is 3.61. The molecule has 1 saturated carbocycles. The molecule has 0 saturated heterocycles. The lowest BCUT2D eigenvalue weighted by Gasteiger charge is -2.37. The monoisotopic (exact) mass is 204 g/mol.